The van der Waals surface area contributed by atoms with Gasteiger partial charge in [-0.05, 0) is 49.9 Å². The van der Waals surface area contributed by atoms with Crippen LogP contribution in [0, 0.1) is 11.3 Å². The molecule has 3 aliphatic rings. The molecule has 0 radical (unpaired) electrons. The Hall–Kier alpha value is -0.120. The zero-order chi connectivity index (χ0) is 14.3. The fraction of sp³-hybridized carbons (Fsp3) is 1.00. The van der Waals surface area contributed by atoms with E-state index >= 15 is 0 Å². The van der Waals surface area contributed by atoms with Gasteiger partial charge in [-0.25, -0.2) is 0 Å². The van der Waals surface area contributed by atoms with E-state index in [9.17, 15) is 0 Å². The van der Waals surface area contributed by atoms with Crippen LogP contribution in [0.2, 0.25) is 0 Å². The predicted octanol–water partition coefficient (Wildman–Crippen LogP) is 3.26. The van der Waals surface area contributed by atoms with Gasteiger partial charge in [0.15, 0.2) is 0 Å². The molecule has 1 saturated carbocycles. The van der Waals surface area contributed by atoms with Gasteiger partial charge in [0.2, 0.25) is 0 Å². The van der Waals surface area contributed by atoms with Crippen LogP contribution in [0.25, 0.3) is 0 Å². The van der Waals surface area contributed by atoms with Gasteiger partial charge in [-0.1, -0.05) is 26.7 Å². The molecule has 2 aliphatic heterocycles. The minimum atomic E-state index is 0.000332. The molecule has 0 amide bonds. The molecule has 3 nitrogen and oxygen atoms in total. The maximum Gasteiger partial charge on any atom is 0.0729 e. The minimum Gasteiger partial charge on any atom is -0.381 e. The van der Waals surface area contributed by atoms with Crippen molar-refractivity contribution < 1.29 is 9.47 Å². The number of hydrogen-bond donors (Lipinski definition) is 1. The summed E-state index contributed by atoms with van der Waals surface area (Å²) >= 11 is 0. The maximum absolute atomic E-state index is 7.01. The highest BCUT2D eigenvalue weighted by Gasteiger charge is 2.52. The molecule has 3 fully saturated rings. The average molecular weight is 281 g/mol. The van der Waals surface area contributed by atoms with Crippen LogP contribution < -0.4 is 5.73 Å². The van der Waals surface area contributed by atoms with Gasteiger partial charge in [0.25, 0.3) is 0 Å². The lowest BCUT2D eigenvalue weighted by Gasteiger charge is -2.56. The first-order valence-corrected chi connectivity index (χ1v) is 8.48. The molecule has 0 aromatic rings. The number of rotatable bonds is 1. The molecule has 0 bridgehead atoms. The third kappa shape index (κ3) is 2.42. The van der Waals surface area contributed by atoms with E-state index in [1.54, 1.807) is 0 Å². The Morgan fingerprint density at radius 1 is 0.950 bits per heavy atom. The molecule has 1 aliphatic carbocycles. The van der Waals surface area contributed by atoms with Crippen molar-refractivity contribution in [2.75, 3.05) is 19.8 Å². The third-order valence-corrected chi connectivity index (χ3v) is 6.53. The van der Waals surface area contributed by atoms with Crippen LogP contribution in [0.3, 0.4) is 0 Å². The highest BCUT2D eigenvalue weighted by Crippen LogP contribution is 2.51. The van der Waals surface area contributed by atoms with Gasteiger partial charge in [-0.2, -0.15) is 0 Å². The molecule has 0 aromatic heterocycles. The van der Waals surface area contributed by atoms with Crippen LogP contribution >= 0.6 is 0 Å². The Kier molecular flexibility index (Phi) is 3.89. The largest absolute Gasteiger partial charge is 0.381 e. The first-order chi connectivity index (χ1) is 9.48. The fourth-order valence-electron chi connectivity index (χ4n) is 4.87. The van der Waals surface area contributed by atoms with Crippen molar-refractivity contribution >= 4 is 0 Å². The van der Waals surface area contributed by atoms with E-state index in [1.807, 2.05) is 0 Å². The molecular formula is C17H31NO2. The van der Waals surface area contributed by atoms with Crippen LogP contribution in [0.5, 0.6) is 0 Å². The van der Waals surface area contributed by atoms with E-state index in [4.69, 9.17) is 15.2 Å². The maximum atomic E-state index is 7.01. The number of hydrogen-bond acceptors (Lipinski definition) is 3. The lowest BCUT2D eigenvalue weighted by molar-refractivity contribution is -0.163. The van der Waals surface area contributed by atoms with E-state index < -0.39 is 0 Å². The summed E-state index contributed by atoms with van der Waals surface area (Å²) in [5, 5.41) is 0. The summed E-state index contributed by atoms with van der Waals surface area (Å²) in [5.74, 6) is 0.615. The first-order valence-electron chi connectivity index (χ1n) is 8.48. The molecule has 3 rings (SSSR count). The number of ether oxygens (including phenoxy) is 2. The van der Waals surface area contributed by atoms with Gasteiger partial charge in [0.1, 0.15) is 0 Å². The summed E-state index contributed by atoms with van der Waals surface area (Å²) in [6.45, 7) is 7.37. The monoisotopic (exact) mass is 281 g/mol. The smallest absolute Gasteiger partial charge is 0.0729 e. The number of nitrogens with two attached hydrogens (primary N) is 1. The van der Waals surface area contributed by atoms with Crippen LogP contribution in [0.1, 0.15) is 65.2 Å². The zero-order valence-electron chi connectivity index (χ0n) is 13.2. The van der Waals surface area contributed by atoms with Crippen molar-refractivity contribution in [3.63, 3.8) is 0 Å². The molecule has 2 saturated heterocycles. The summed E-state index contributed by atoms with van der Waals surface area (Å²) in [4.78, 5) is 0. The lowest BCUT2D eigenvalue weighted by Crippen LogP contribution is -2.62. The first kappa shape index (κ1) is 14.8. The van der Waals surface area contributed by atoms with Crippen molar-refractivity contribution in [1.29, 1.82) is 0 Å². The van der Waals surface area contributed by atoms with E-state index in [2.05, 4.69) is 13.8 Å². The van der Waals surface area contributed by atoms with Gasteiger partial charge in [-0.15, -0.1) is 0 Å². The van der Waals surface area contributed by atoms with Crippen molar-refractivity contribution in [3.8, 4) is 0 Å². The molecule has 20 heavy (non-hydrogen) atoms. The van der Waals surface area contributed by atoms with Crippen LogP contribution in [-0.2, 0) is 9.47 Å². The van der Waals surface area contributed by atoms with E-state index in [0.29, 0.717) is 5.92 Å². The Labute approximate surface area is 123 Å². The Morgan fingerprint density at radius 3 is 2.35 bits per heavy atom. The second-order valence-electron chi connectivity index (χ2n) is 7.96. The molecule has 2 heterocycles. The van der Waals surface area contributed by atoms with Crippen molar-refractivity contribution in [3.05, 3.63) is 0 Å². The molecular weight excluding hydrogens is 250 g/mol. The Balaban J connectivity index is 1.78. The average Bonchev–Trinajstić information content (AvgIpc) is 2.43. The molecule has 2 atom stereocenters. The standard InChI is InChI=1S/C17H31NO2/c1-15(2)6-3-4-7-17(15,18)14-5-10-20-16(13-14)8-11-19-12-9-16/h14H,3-13,18H2,1-2H3. The van der Waals surface area contributed by atoms with Crippen molar-refractivity contribution in [2.45, 2.75) is 76.4 Å². The fourth-order valence-corrected chi connectivity index (χ4v) is 4.87. The summed E-state index contributed by atoms with van der Waals surface area (Å²) < 4.78 is 11.7. The van der Waals surface area contributed by atoms with Gasteiger partial charge in [0, 0.05) is 25.4 Å². The van der Waals surface area contributed by atoms with Crippen molar-refractivity contribution in [1.82, 2.24) is 0 Å². The normalized spacial score (nSPS) is 40.6. The predicted molar refractivity (Wildman–Crippen MR) is 80.6 cm³/mol. The summed E-state index contributed by atoms with van der Waals surface area (Å²) in [6, 6.07) is 0. The SMILES string of the molecule is CC1(C)CCCCC1(N)C1CCOC2(CCOCC2)C1. The molecule has 1 spiro atoms. The van der Waals surface area contributed by atoms with Gasteiger partial charge < -0.3 is 15.2 Å². The van der Waals surface area contributed by atoms with Gasteiger partial charge in [-0.3, -0.25) is 0 Å². The summed E-state index contributed by atoms with van der Waals surface area (Å²) in [5.41, 5.74) is 7.35. The second-order valence-corrected chi connectivity index (χ2v) is 7.96. The summed E-state index contributed by atoms with van der Waals surface area (Å²) in [7, 11) is 0. The highest BCUT2D eigenvalue weighted by molar-refractivity contribution is 5.07. The molecule has 0 aromatic carbocycles. The van der Waals surface area contributed by atoms with Crippen LogP contribution in [0.4, 0.5) is 0 Å². The second kappa shape index (κ2) is 5.26. The molecule has 2 N–H and O–H groups in total. The van der Waals surface area contributed by atoms with Crippen molar-refractivity contribution in [2.24, 2.45) is 17.1 Å². The van der Waals surface area contributed by atoms with Gasteiger partial charge >= 0.3 is 0 Å². The highest BCUT2D eigenvalue weighted by atomic mass is 16.5. The minimum absolute atomic E-state index is 0.000332. The van der Waals surface area contributed by atoms with Crippen LogP contribution in [-0.4, -0.2) is 31.0 Å². The molecule has 3 heteroatoms. The molecule has 116 valence electrons. The third-order valence-electron chi connectivity index (χ3n) is 6.53. The Morgan fingerprint density at radius 2 is 1.65 bits per heavy atom. The quantitative estimate of drug-likeness (QED) is 0.802. The van der Waals surface area contributed by atoms with Crippen LogP contribution in [0.15, 0.2) is 0 Å². The van der Waals surface area contributed by atoms with E-state index in [-0.39, 0.29) is 16.6 Å². The zero-order valence-corrected chi connectivity index (χ0v) is 13.2. The van der Waals surface area contributed by atoms with Gasteiger partial charge in [0.05, 0.1) is 5.60 Å². The topological polar surface area (TPSA) is 44.5 Å². The van der Waals surface area contributed by atoms with E-state index in [0.717, 1.165) is 45.5 Å². The lowest BCUT2D eigenvalue weighted by atomic mass is 9.55. The summed E-state index contributed by atoms with van der Waals surface area (Å²) in [6.07, 6.45) is 9.51. The van der Waals surface area contributed by atoms with E-state index in [1.165, 1.54) is 25.7 Å². The Bertz CT molecular complexity index is 343. The molecule has 2 unspecified atom stereocenters.